The van der Waals surface area contributed by atoms with Gasteiger partial charge in [-0.15, -0.1) is 0 Å². The van der Waals surface area contributed by atoms with Crippen LogP contribution in [0.2, 0.25) is 0 Å². The second-order valence-electron chi connectivity index (χ2n) is 17.6. The van der Waals surface area contributed by atoms with Crippen molar-refractivity contribution in [2.45, 2.75) is 6.42 Å². The fourth-order valence-electron chi connectivity index (χ4n) is 9.34. The molecule has 13 aromatic rings. The molecule has 0 unspecified atom stereocenters. The van der Waals surface area contributed by atoms with E-state index >= 15 is 0 Å². The van der Waals surface area contributed by atoms with Gasteiger partial charge in [-0.1, -0.05) is 206 Å². The lowest BCUT2D eigenvalue weighted by Crippen LogP contribution is -1.95. The third-order valence-corrected chi connectivity index (χ3v) is 14.3. The number of nitrogen functional groups attached to an aromatic ring is 1. The number of nitrogens with one attached hydrogen (secondary N) is 1. The minimum absolute atomic E-state index is 0.822. The van der Waals surface area contributed by atoms with Gasteiger partial charge in [0.25, 0.3) is 0 Å². The van der Waals surface area contributed by atoms with E-state index in [0.717, 1.165) is 36.9 Å². The second-order valence-corrected chi connectivity index (χ2v) is 20.3. The van der Waals surface area contributed by atoms with Crippen molar-refractivity contribution in [3.8, 4) is 22.5 Å². The molecule has 7 heteroatoms. The van der Waals surface area contributed by atoms with Gasteiger partial charge in [0.05, 0.1) is 22.1 Å². The van der Waals surface area contributed by atoms with Gasteiger partial charge in [-0.05, 0) is 150 Å². The van der Waals surface area contributed by atoms with Crippen LogP contribution in [0, 0.1) is 0 Å². The Morgan fingerprint density at radius 1 is 0.297 bits per heavy atom. The van der Waals surface area contributed by atoms with Gasteiger partial charge in [-0.3, -0.25) is 0 Å². The number of nitrogens with zero attached hydrogens (tertiary/aromatic N) is 2. The van der Waals surface area contributed by atoms with E-state index in [1.54, 1.807) is 0 Å². The molecule has 0 aliphatic heterocycles. The van der Waals surface area contributed by atoms with Crippen LogP contribution in [0.3, 0.4) is 0 Å². The molecule has 2 aromatic heterocycles. The van der Waals surface area contributed by atoms with Crippen LogP contribution in [0.15, 0.2) is 292 Å². The lowest BCUT2D eigenvalue weighted by atomic mass is 10.1. The molecule has 2 heterocycles. The van der Waals surface area contributed by atoms with Gasteiger partial charge in [0.2, 0.25) is 0 Å². The molecule has 0 amide bonds. The Balaban J connectivity index is 0.000000115. The first kappa shape index (κ1) is 49.6. The summed E-state index contributed by atoms with van der Waals surface area (Å²) in [6, 6.07) is 96.3. The van der Waals surface area contributed by atoms with Crippen LogP contribution in [0.25, 0.3) is 66.1 Å². The van der Waals surface area contributed by atoms with Gasteiger partial charge in [-0.25, -0.2) is 0 Å². The summed E-state index contributed by atoms with van der Waals surface area (Å²) in [4.78, 5) is 0. The van der Waals surface area contributed by atoms with Crippen LogP contribution < -0.4 is 11.1 Å². The highest BCUT2D eigenvalue weighted by Crippen LogP contribution is 2.36. The first-order valence-electron chi connectivity index (χ1n) is 24.4. The zero-order valence-electron chi connectivity index (χ0n) is 40.4. The van der Waals surface area contributed by atoms with E-state index in [-0.39, 0.29) is 0 Å². The molecule has 14 rings (SSSR count). The smallest absolute Gasteiger partial charge is 0.0541 e. The Hall–Kier alpha value is -7.94. The molecule has 0 spiro atoms. The van der Waals surface area contributed by atoms with Crippen molar-refractivity contribution in [3.63, 3.8) is 0 Å². The summed E-state index contributed by atoms with van der Waals surface area (Å²) < 4.78 is 7.97. The minimum atomic E-state index is 0.822. The summed E-state index contributed by atoms with van der Waals surface area (Å²) >= 11 is 10.1. The minimum Gasteiger partial charge on any atom is -0.399 e. The molecule has 0 fully saturated rings. The first-order valence-corrected chi connectivity index (χ1v) is 26.8. The molecule has 0 saturated carbocycles. The van der Waals surface area contributed by atoms with Gasteiger partial charge in [0.1, 0.15) is 0 Å². The van der Waals surface area contributed by atoms with Gasteiger partial charge in [0.15, 0.2) is 0 Å². The van der Waals surface area contributed by atoms with Crippen LogP contribution >= 0.6 is 47.8 Å². The summed E-state index contributed by atoms with van der Waals surface area (Å²) in [5.74, 6) is 0. The Labute approximate surface area is 457 Å². The van der Waals surface area contributed by atoms with E-state index in [1.165, 1.54) is 77.2 Å². The summed E-state index contributed by atoms with van der Waals surface area (Å²) in [5.41, 5.74) is 21.4. The summed E-state index contributed by atoms with van der Waals surface area (Å²) in [5, 5.41) is 8.61. The van der Waals surface area contributed by atoms with Gasteiger partial charge >= 0.3 is 0 Å². The molecular formula is C67H51Br3N4. The molecule has 0 atom stereocenters. The van der Waals surface area contributed by atoms with Crippen molar-refractivity contribution in [1.29, 1.82) is 0 Å². The number of para-hydroxylation sites is 6. The maximum absolute atomic E-state index is 5.36. The van der Waals surface area contributed by atoms with Crippen molar-refractivity contribution in [3.05, 3.63) is 304 Å². The Morgan fingerprint density at radius 3 is 0.973 bits per heavy atom. The Kier molecular flexibility index (Phi) is 15.9. The second kappa shape index (κ2) is 23.7. The number of nitrogens with two attached hydrogens (primary N) is 1. The van der Waals surface area contributed by atoms with Crippen LogP contribution in [0.5, 0.6) is 0 Å². The van der Waals surface area contributed by atoms with Crippen molar-refractivity contribution in [1.82, 2.24) is 9.13 Å². The predicted octanol–water partition coefficient (Wildman–Crippen LogP) is 19.8. The highest BCUT2D eigenvalue weighted by Gasteiger charge is 2.16. The molecule has 3 N–H and O–H groups in total. The summed E-state index contributed by atoms with van der Waals surface area (Å²) in [6.45, 7) is 0. The summed E-state index contributed by atoms with van der Waals surface area (Å²) in [7, 11) is 0. The van der Waals surface area contributed by atoms with Crippen LogP contribution in [0.1, 0.15) is 11.1 Å². The van der Waals surface area contributed by atoms with Crippen molar-refractivity contribution in [2.24, 2.45) is 0 Å². The normalized spacial score (nSPS) is 10.9. The number of hydrogen-bond donors (Lipinski definition) is 2. The summed E-state index contributed by atoms with van der Waals surface area (Å²) in [6.07, 6.45) is 1.10. The molecule has 0 saturated heterocycles. The van der Waals surface area contributed by atoms with Gasteiger partial charge in [-0.2, -0.15) is 0 Å². The Bertz CT molecular complexity index is 3750. The molecule has 0 radical (unpaired) electrons. The van der Waals surface area contributed by atoms with E-state index in [1.807, 2.05) is 72.8 Å². The average molecular weight is 1150 g/mol. The number of benzene rings is 11. The molecule has 0 bridgehead atoms. The molecule has 1 aliphatic rings. The zero-order chi connectivity index (χ0) is 50.6. The van der Waals surface area contributed by atoms with Gasteiger partial charge < -0.3 is 20.2 Å². The quantitative estimate of drug-likeness (QED) is 0.173. The van der Waals surface area contributed by atoms with Gasteiger partial charge in [0, 0.05) is 63.4 Å². The third-order valence-electron chi connectivity index (χ3n) is 12.7. The van der Waals surface area contributed by atoms with E-state index in [9.17, 15) is 0 Å². The Morgan fingerprint density at radius 2 is 0.595 bits per heavy atom. The van der Waals surface area contributed by atoms with Crippen molar-refractivity contribution < 1.29 is 0 Å². The third kappa shape index (κ3) is 11.6. The van der Waals surface area contributed by atoms with Crippen LogP contribution in [-0.4, -0.2) is 9.13 Å². The topological polar surface area (TPSA) is 47.9 Å². The van der Waals surface area contributed by atoms with E-state index in [2.05, 4.69) is 268 Å². The lowest BCUT2D eigenvalue weighted by molar-refractivity contribution is 1.18. The fraction of sp³-hybridized carbons (Fsp3) is 0.0149. The molecule has 360 valence electrons. The number of hydrogen-bond acceptors (Lipinski definition) is 2. The molecule has 1 aliphatic carbocycles. The number of aromatic nitrogens is 2. The SMILES string of the molecule is Brc1ccc(-n2c3ccccc3c3ccccc32)cc1.Brc1ccc(Br)cc1.Nc1ccccc1.c1ccc(Nc2ccc(-n3c4ccccc4c4ccccc43)cc2)cc1.c1ccc2c(c1)Cc1ccccc1-2. The van der Waals surface area contributed by atoms with Crippen molar-refractivity contribution >= 4 is 108 Å². The maximum atomic E-state index is 5.36. The zero-order valence-corrected chi connectivity index (χ0v) is 45.1. The molecule has 4 nitrogen and oxygen atoms in total. The van der Waals surface area contributed by atoms with E-state index < -0.39 is 0 Å². The number of fused-ring (bicyclic) bond motifs is 9. The number of anilines is 3. The van der Waals surface area contributed by atoms with Crippen LogP contribution in [-0.2, 0) is 6.42 Å². The highest BCUT2D eigenvalue weighted by atomic mass is 79.9. The monoisotopic (exact) mass is 1150 g/mol. The largest absolute Gasteiger partial charge is 0.399 e. The lowest BCUT2D eigenvalue weighted by Gasteiger charge is -2.10. The molecule has 11 aromatic carbocycles. The predicted molar refractivity (Wildman–Crippen MR) is 326 cm³/mol. The van der Waals surface area contributed by atoms with Crippen molar-refractivity contribution in [2.75, 3.05) is 11.1 Å². The number of halogens is 3. The highest BCUT2D eigenvalue weighted by molar-refractivity contribution is 9.11. The number of rotatable bonds is 4. The van der Waals surface area contributed by atoms with E-state index in [4.69, 9.17) is 5.73 Å². The standard InChI is InChI=1S/C24H18N2.C18H12BrN.C13H10.C6H4Br2.C6H7N/c1-2-8-18(9-3-1)25-19-14-16-20(17-15-19)26-23-12-6-4-10-21(23)22-11-5-7-13-24(22)26;19-13-9-11-14(12-10-13)20-17-7-3-1-5-15(17)16-6-2-4-8-18(16)20;1-3-7-12-10(5-1)9-11-6-2-4-8-13(11)12;7-5-1-2-6(8)4-3-5;7-6-4-2-1-3-5-6/h1-17,25H;1-12H;1-8H,9H2;1-4H;1-5H,7H2. The average Bonchev–Trinajstić information content (AvgIpc) is 4.12. The van der Waals surface area contributed by atoms with Crippen LogP contribution in [0.4, 0.5) is 17.1 Å². The maximum Gasteiger partial charge on any atom is 0.0541 e. The first-order chi connectivity index (χ1) is 36.4. The fourth-order valence-corrected chi connectivity index (χ4v) is 10.1. The molecular weight excluding hydrogens is 1100 g/mol. The molecule has 74 heavy (non-hydrogen) atoms. The van der Waals surface area contributed by atoms with E-state index in [0.29, 0.717) is 0 Å².